The van der Waals surface area contributed by atoms with Crippen molar-refractivity contribution in [3.8, 4) is 6.07 Å². The molecule has 0 aromatic rings. The van der Waals surface area contributed by atoms with Crippen LogP contribution in [0.25, 0.3) is 0 Å². The van der Waals surface area contributed by atoms with Gasteiger partial charge in [0, 0.05) is 17.2 Å². The SMILES string of the molecule is C=CC#N.CCCCCCCC/C(C(=O)O)=C(\CCCCCCCC)C(=O)O. The molecule has 5 nitrogen and oxygen atoms in total. The molecule has 0 atom stereocenters. The van der Waals surface area contributed by atoms with Crippen LogP contribution >= 0.6 is 0 Å². The van der Waals surface area contributed by atoms with Gasteiger partial charge in [-0.2, -0.15) is 5.26 Å². The second-order valence-electron chi connectivity index (χ2n) is 6.94. The van der Waals surface area contributed by atoms with Gasteiger partial charge < -0.3 is 10.2 Å². The topological polar surface area (TPSA) is 98.4 Å². The van der Waals surface area contributed by atoms with Crippen LogP contribution in [-0.4, -0.2) is 22.2 Å². The Labute approximate surface area is 171 Å². The number of unbranched alkanes of at least 4 members (excludes halogenated alkanes) is 10. The molecule has 0 saturated carbocycles. The Morgan fingerprint density at radius 2 is 1.04 bits per heavy atom. The molecule has 0 aromatic carbocycles. The smallest absolute Gasteiger partial charge is 0.332 e. The zero-order valence-electron chi connectivity index (χ0n) is 17.8. The Kier molecular flexibility index (Phi) is 21.3. The molecule has 0 saturated heterocycles. The van der Waals surface area contributed by atoms with Crippen molar-refractivity contribution in [2.45, 2.75) is 104 Å². The fraction of sp³-hybridized carbons (Fsp3) is 0.696. The van der Waals surface area contributed by atoms with Gasteiger partial charge in [0.1, 0.15) is 0 Å². The zero-order chi connectivity index (χ0) is 21.6. The van der Waals surface area contributed by atoms with Crippen molar-refractivity contribution in [2.75, 3.05) is 0 Å². The number of aliphatic carboxylic acids is 2. The largest absolute Gasteiger partial charge is 0.478 e. The highest BCUT2D eigenvalue weighted by atomic mass is 16.4. The third-order valence-electron chi connectivity index (χ3n) is 4.53. The number of nitriles is 1. The van der Waals surface area contributed by atoms with Gasteiger partial charge in [0.2, 0.25) is 0 Å². The van der Waals surface area contributed by atoms with Crippen molar-refractivity contribution in [1.29, 1.82) is 5.26 Å². The molecule has 0 radical (unpaired) electrons. The standard InChI is InChI=1S/C20H36O4.C3H3N/c1-3-5-7-9-11-13-15-17(19(21)22)18(20(23)24)16-14-12-10-8-6-4-2;1-2-3-4/h3-16H2,1-2H3,(H,21,22)(H,23,24);2H,1H2/b18-17-;. The van der Waals surface area contributed by atoms with Gasteiger partial charge in [-0.15, -0.1) is 0 Å². The first kappa shape index (κ1) is 28.1. The number of carbonyl (C=O) groups is 2. The van der Waals surface area contributed by atoms with E-state index < -0.39 is 11.9 Å². The molecule has 0 spiro atoms. The van der Waals surface area contributed by atoms with Crippen molar-refractivity contribution in [2.24, 2.45) is 0 Å². The van der Waals surface area contributed by atoms with Gasteiger partial charge in [-0.1, -0.05) is 84.6 Å². The fourth-order valence-electron chi connectivity index (χ4n) is 2.94. The minimum atomic E-state index is -1.06. The predicted octanol–water partition coefficient (Wildman–Crippen LogP) is 6.65. The first-order valence-electron chi connectivity index (χ1n) is 10.6. The molecule has 0 rings (SSSR count). The van der Waals surface area contributed by atoms with Gasteiger partial charge in [0.05, 0.1) is 6.07 Å². The van der Waals surface area contributed by atoms with Crippen LogP contribution in [0.3, 0.4) is 0 Å². The van der Waals surface area contributed by atoms with Crippen molar-refractivity contribution in [3.63, 3.8) is 0 Å². The van der Waals surface area contributed by atoms with Crippen molar-refractivity contribution in [3.05, 3.63) is 23.8 Å². The summed E-state index contributed by atoms with van der Waals surface area (Å²) in [6.45, 7) is 7.44. The highest BCUT2D eigenvalue weighted by molar-refractivity contribution is 5.98. The summed E-state index contributed by atoms with van der Waals surface area (Å²) in [5.74, 6) is -2.13. The van der Waals surface area contributed by atoms with Gasteiger partial charge in [0.15, 0.2) is 0 Å². The van der Waals surface area contributed by atoms with Crippen LogP contribution in [0.5, 0.6) is 0 Å². The summed E-state index contributed by atoms with van der Waals surface area (Å²) < 4.78 is 0. The van der Waals surface area contributed by atoms with E-state index in [1.807, 2.05) is 0 Å². The van der Waals surface area contributed by atoms with Gasteiger partial charge in [-0.3, -0.25) is 0 Å². The molecular formula is C23H39NO4. The minimum absolute atomic E-state index is 0.117. The average molecular weight is 394 g/mol. The molecule has 0 aliphatic rings. The molecule has 0 fully saturated rings. The number of rotatable bonds is 16. The lowest BCUT2D eigenvalue weighted by molar-refractivity contribution is -0.136. The summed E-state index contributed by atoms with van der Waals surface area (Å²) in [7, 11) is 0. The monoisotopic (exact) mass is 393 g/mol. The van der Waals surface area contributed by atoms with Gasteiger partial charge in [0.25, 0.3) is 0 Å². The predicted molar refractivity (Wildman–Crippen MR) is 114 cm³/mol. The summed E-state index contributed by atoms with van der Waals surface area (Å²) in [6.07, 6.45) is 14.7. The third-order valence-corrected chi connectivity index (χ3v) is 4.53. The Morgan fingerprint density at radius 3 is 1.29 bits per heavy atom. The number of carboxylic acid groups (broad SMARTS) is 2. The van der Waals surface area contributed by atoms with E-state index in [9.17, 15) is 19.8 Å². The number of nitrogens with zero attached hydrogens (tertiary/aromatic N) is 1. The maximum Gasteiger partial charge on any atom is 0.332 e. The van der Waals surface area contributed by atoms with E-state index >= 15 is 0 Å². The zero-order valence-corrected chi connectivity index (χ0v) is 17.8. The Bertz CT molecular complexity index is 467. The first-order valence-corrected chi connectivity index (χ1v) is 10.6. The molecule has 2 N–H and O–H groups in total. The van der Waals surface area contributed by atoms with E-state index in [1.54, 1.807) is 6.07 Å². The molecular weight excluding hydrogens is 354 g/mol. The minimum Gasteiger partial charge on any atom is -0.478 e. The van der Waals surface area contributed by atoms with E-state index in [4.69, 9.17) is 5.26 Å². The van der Waals surface area contributed by atoms with E-state index in [2.05, 4.69) is 20.4 Å². The maximum atomic E-state index is 11.5. The van der Waals surface area contributed by atoms with Crippen LogP contribution in [0.4, 0.5) is 0 Å². The summed E-state index contributed by atoms with van der Waals surface area (Å²) >= 11 is 0. The molecule has 28 heavy (non-hydrogen) atoms. The van der Waals surface area contributed by atoms with Crippen LogP contribution < -0.4 is 0 Å². The van der Waals surface area contributed by atoms with Gasteiger partial charge in [-0.25, -0.2) is 9.59 Å². The lowest BCUT2D eigenvalue weighted by Crippen LogP contribution is -2.12. The lowest BCUT2D eigenvalue weighted by atomic mass is 9.96. The van der Waals surface area contributed by atoms with Gasteiger partial charge >= 0.3 is 11.9 Å². The number of hydrogen-bond donors (Lipinski definition) is 2. The van der Waals surface area contributed by atoms with Crippen molar-refractivity contribution >= 4 is 11.9 Å². The number of carboxylic acids is 2. The molecule has 0 heterocycles. The quantitative estimate of drug-likeness (QED) is 0.174. The maximum absolute atomic E-state index is 11.5. The van der Waals surface area contributed by atoms with Crippen molar-refractivity contribution in [1.82, 2.24) is 0 Å². The average Bonchev–Trinajstić information content (AvgIpc) is 2.67. The molecule has 0 aliphatic carbocycles. The Hall–Kier alpha value is -2.09. The first-order chi connectivity index (χ1) is 13.5. The summed E-state index contributed by atoms with van der Waals surface area (Å²) in [5, 5.41) is 26.3. The van der Waals surface area contributed by atoms with Crippen LogP contribution in [0.1, 0.15) is 104 Å². The summed E-state index contributed by atoms with van der Waals surface area (Å²) in [5.41, 5.74) is 0.234. The summed E-state index contributed by atoms with van der Waals surface area (Å²) in [6, 6.07) is 1.69. The highest BCUT2D eigenvalue weighted by Crippen LogP contribution is 2.21. The van der Waals surface area contributed by atoms with Crippen LogP contribution in [0, 0.1) is 11.3 Å². The fourth-order valence-corrected chi connectivity index (χ4v) is 2.94. The number of allylic oxidation sites excluding steroid dienone is 1. The second kappa shape index (κ2) is 21.2. The van der Waals surface area contributed by atoms with Crippen molar-refractivity contribution < 1.29 is 19.8 Å². The van der Waals surface area contributed by atoms with E-state index in [0.717, 1.165) is 38.5 Å². The molecule has 0 unspecified atom stereocenters. The summed E-state index contributed by atoms with van der Waals surface area (Å²) in [4.78, 5) is 22.9. The number of hydrogen-bond acceptors (Lipinski definition) is 3. The molecule has 0 aromatic heterocycles. The molecule has 0 bridgehead atoms. The van der Waals surface area contributed by atoms with Crippen LogP contribution in [0.15, 0.2) is 23.8 Å². The second-order valence-corrected chi connectivity index (χ2v) is 6.94. The van der Waals surface area contributed by atoms with E-state index in [-0.39, 0.29) is 11.1 Å². The van der Waals surface area contributed by atoms with Crippen LogP contribution in [-0.2, 0) is 9.59 Å². The lowest BCUT2D eigenvalue weighted by Gasteiger charge is -2.09. The molecule has 5 heteroatoms. The Morgan fingerprint density at radius 1 is 0.750 bits per heavy atom. The third kappa shape index (κ3) is 17.3. The highest BCUT2D eigenvalue weighted by Gasteiger charge is 2.19. The molecule has 160 valence electrons. The van der Waals surface area contributed by atoms with Gasteiger partial charge in [-0.05, 0) is 25.7 Å². The molecule has 0 aliphatic heterocycles. The normalized spacial score (nSPS) is 10.9. The van der Waals surface area contributed by atoms with E-state index in [1.165, 1.54) is 44.6 Å². The molecule has 0 amide bonds. The van der Waals surface area contributed by atoms with E-state index in [0.29, 0.717) is 12.8 Å². The Balaban J connectivity index is 0. The van der Waals surface area contributed by atoms with Crippen LogP contribution in [0.2, 0.25) is 0 Å².